The Morgan fingerprint density at radius 3 is 2.88 bits per heavy atom. The average molecular weight is 359 g/mol. The first-order valence-corrected chi connectivity index (χ1v) is 8.83. The minimum Gasteiger partial charge on any atom is -0.371 e. The van der Waals surface area contributed by atoms with Gasteiger partial charge < -0.3 is 19.5 Å². The highest BCUT2D eigenvalue weighted by Crippen LogP contribution is 2.42. The molecule has 8 heteroatoms. The zero-order valence-electron chi connectivity index (χ0n) is 14.7. The molecule has 138 valence electrons. The van der Waals surface area contributed by atoms with Gasteiger partial charge in [-0.2, -0.15) is 0 Å². The van der Waals surface area contributed by atoms with Crippen LogP contribution in [-0.4, -0.2) is 52.3 Å². The molecule has 0 aromatic carbocycles. The Kier molecular flexibility index (Phi) is 4.36. The number of amides is 1. The van der Waals surface area contributed by atoms with Gasteiger partial charge in [0.2, 0.25) is 5.95 Å². The summed E-state index contributed by atoms with van der Waals surface area (Å²) < 4.78 is 20.8. The van der Waals surface area contributed by atoms with E-state index in [1.54, 1.807) is 0 Å². The molecule has 2 aliphatic heterocycles. The number of nitrogens with one attached hydrogen (secondary N) is 1. The van der Waals surface area contributed by atoms with E-state index in [1.807, 2.05) is 34.8 Å². The number of nitrogens with zero attached hydrogens (tertiary/aromatic N) is 4. The van der Waals surface area contributed by atoms with Gasteiger partial charge in [-0.05, 0) is 30.9 Å². The maximum Gasteiger partial charge on any atom is 0.267 e. The predicted molar refractivity (Wildman–Crippen MR) is 93.4 cm³/mol. The third-order valence-corrected chi connectivity index (χ3v) is 5.36. The smallest absolute Gasteiger partial charge is 0.267 e. The molecule has 0 radical (unpaired) electrons. The van der Waals surface area contributed by atoms with E-state index < -0.39 is 5.82 Å². The van der Waals surface area contributed by atoms with Gasteiger partial charge in [-0.25, -0.2) is 14.4 Å². The summed E-state index contributed by atoms with van der Waals surface area (Å²) in [6.45, 7) is 2.76. The van der Waals surface area contributed by atoms with Crippen LogP contribution < -0.4 is 10.2 Å². The summed E-state index contributed by atoms with van der Waals surface area (Å²) >= 11 is 0. The summed E-state index contributed by atoms with van der Waals surface area (Å²) in [5.74, 6) is 0.421. The van der Waals surface area contributed by atoms with E-state index in [-0.39, 0.29) is 11.5 Å². The lowest BCUT2D eigenvalue weighted by molar-refractivity contribution is -0.0459. The Labute approximate surface area is 151 Å². The highest BCUT2D eigenvalue weighted by molar-refractivity contribution is 5.92. The molecule has 2 aliphatic rings. The van der Waals surface area contributed by atoms with Crippen LogP contribution in [0.25, 0.3) is 0 Å². The van der Waals surface area contributed by atoms with E-state index in [0.29, 0.717) is 37.2 Å². The first kappa shape index (κ1) is 17.0. The lowest BCUT2D eigenvalue weighted by atomic mass is 9.79. The zero-order chi connectivity index (χ0) is 18.1. The van der Waals surface area contributed by atoms with Crippen molar-refractivity contribution in [3.8, 4) is 0 Å². The molecule has 1 atom stereocenters. The van der Waals surface area contributed by atoms with Crippen molar-refractivity contribution in [2.75, 3.05) is 31.1 Å². The largest absolute Gasteiger partial charge is 0.371 e. The second-order valence-corrected chi connectivity index (χ2v) is 7.01. The number of hydrogen-bond donors (Lipinski definition) is 1. The predicted octanol–water partition coefficient (Wildman–Crippen LogP) is 1.37. The third-order valence-electron chi connectivity index (χ3n) is 5.36. The molecule has 1 amide bonds. The molecule has 2 saturated heterocycles. The number of ether oxygens (including phenoxy) is 1. The van der Waals surface area contributed by atoms with Crippen molar-refractivity contribution < 1.29 is 13.9 Å². The molecule has 4 heterocycles. The van der Waals surface area contributed by atoms with E-state index >= 15 is 0 Å². The van der Waals surface area contributed by atoms with Crippen molar-refractivity contribution in [1.82, 2.24) is 19.9 Å². The second-order valence-electron chi connectivity index (χ2n) is 7.01. The first-order chi connectivity index (χ1) is 12.6. The minimum absolute atomic E-state index is 0.0552. The summed E-state index contributed by atoms with van der Waals surface area (Å²) in [5.41, 5.74) is 0.457. The normalized spacial score (nSPS) is 21.0. The molecule has 0 aliphatic carbocycles. The quantitative estimate of drug-likeness (QED) is 0.873. The Bertz CT molecular complexity index is 785. The maximum absolute atomic E-state index is 13.0. The Morgan fingerprint density at radius 1 is 1.42 bits per heavy atom. The lowest BCUT2D eigenvalue weighted by Crippen LogP contribution is -2.65. The number of carbonyl (C=O) groups excluding carboxylic acids is 1. The highest BCUT2D eigenvalue weighted by Gasteiger charge is 2.53. The van der Waals surface area contributed by atoms with E-state index in [2.05, 4.69) is 15.3 Å². The van der Waals surface area contributed by atoms with Crippen LogP contribution in [0.4, 0.5) is 10.3 Å². The first-order valence-electron chi connectivity index (χ1n) is 8.83. The van der Waals surface area contributed by atoms with E-state index in [0.717, 1.165) is 19.4 Å². The van der Waals surface area contributed by atoms with Crippen LogP contribution in [-0.2, 0) is 11.8 Å². The summed E-state index contributed by atoms with van der Waals surface area (Å²) in [6, 6.07) is 3.66. The van der Waals surface area contributed by atoms with Crippen molar-refractivity contribution in [2.45, 2.75) is 18.4 Å². The van der Waals surface area contributed by atoms with Crippen LogP contribution in [0.1, 0.15) is 23.3 Å². The lowest BCUT2D eigenvalue weighted by Gasteiger charge is -2.50. The number of rotatable bonds is 5. The van der Waals surface area contributed by atoms with Crippen molar-refractivity contribution in [3.63, 3.8) is 0 Å². The van der Waals surface area contributed by atoms with Crippen LogP contribution in [0.5, 0.6) is 0 Å². The van der Waals surface area contributed by atoms with Gasteiger partial charge in [-0.1, -0.05) is 0 Å². The fraction of sp³-hybridized carbons (Fsp3) is 0.500. The van der Waals surface area contributed by atoms with Crippen LogP contribution in [0.15, 0.2) is 30.7 Å². The third kappa shape index (κ3) is 3.05. The van der Waals surface area contributed by atoms with Crippen molar-refractivity contribution >= 4 is 11.9 Å². The average Bonchev–Trinajstić information content (AvgIpc) is 3.21. The Hall–Kier alpha value is -2.48. The standard InChI is InChI=1S/C18H22FN5O2/c1-23-7-2-3-15(23)16(25)20-6-4-13-5-8-26-18(13)11-24(12-18)17-21-9-14(19)10-22-17/h2-3,7,9-10,13H,4-6,8,11-12H2,1H3,(H,20,25). The monoisotopic (exact) mass is 359 g/mol. The SMILES string of the molecule is Cn1cccc1C(=O)NCCC1CCOC12CN(c1ncc(F)cn1)C2. The number of halogens is 1. The second kappa shape index (κ2) is 6.68. The van der Waals surface area contributed by atoms with Crippen LogP contribution in [0, 0.1) is 11.7 Å². The topological polar surface area (TPSA) is 72.3 Å². The van der Waals surface area contributed by atoms with Crippen molar-refractivity contribution in [2.24, 2.45) is 13.0 Å². The highest BCUT2D eigenvalue weighted by atomic mass is 19.1. The molecule has 2 aromatic heterocycles. The van der Waals surface area contributed by atoms with Gasteiger partial charge in [0.25, 0.3) is 5.91 Å². The maximum atomic E-state index is 13.0. The van der Waals surface area contributed by atoms with Gasteiger partial charge in [0, 0.05) is 26.4 Å². The molecule has 0 bridgehead atoms. The fourth-order valence-corrected chi connectivity index (χ4v) is 3.90. The number of aromatic nitrogens is 3. The van der Waals surface area contributed by atoms with Gasteiger partial charge in [0.15, 0.2) is 5.82 Å². The van der Waals surface area contributed by atoms with Crippen molar-refractivity contribution in [3.05, 3.63) is 42.2 Å². The van der Waals surface area contributed by atoms with E-state index in [9.17, 15) is 9.18 Å². The van der Waals surface area contributed by atoms with Gasteiger partial charge in [0.05, 0.1) is 25.5 Å². The molecule has 2 aromatic rings. The molecular weight excluding hydrogens is 337 g/mol. The van der Waals surface area contributed by atoms with Gasteiger partial charge in [0.1, 0.15) is 11.3 Å². The van der Waals surface area contributed by atoms with E-state index in [1.165, 1.54) is 12.4 Å². The molecule has 1 N–H and O–H groups in total. The molecule has 2 fully saturated rings. The van der Waals surface area contributed by atoms with Crippen LogP contribution in [0.2, 0.25) is 0 Å². The zero-order valence-corrected chi connectivity index (χ0v) is 14.7. The molecule has 7 nitrogen and oxygen atoms in total. The Balaban J connectivity index is 1.30. The summed E-state index contributed by atoms with van der Waals surface area (Å²) in [7, 11) is 1.86. The molecular formula is C18H22FN5O2. The van der Waals surface area contributed by atoms with Crippen LogP contribution >= 0.6 is 0 Å². The van der Waals surface area contributed by atoms with Gasteiger partial charge in [-0.3, -0.25) is 4.79 Å². The molecule has 26 heavy (non-hydrogen) atoms. The fourth-order valence-electron chi connectivity index (χ4n) is 3.90. The van der Waals surface area contributed by atoms with Gasteiger partial charge in [-0.15, -0.1) is 0 Å². The number of aryl methyl sites for hydroxylation is 1. The Morgan fingerprint density at radius 2 is 2.19 bits per heavy atom. The molecule has 0 saturated carbocycles. The minimum atomic E-state index is -0.437. The summed E-state index contributed by atoms with van der Waals surface area (Å²) in [6.07, 6.45) is 6.07. The van der Waals surface area contributed by atoms with Crippen molar-refractivity contribution in [1.29, 1.82) is 0 Å². The molecule has 1 unspecified atom stereocenters. The number of carbonyl (C=O) groups is 1. The number of anilines is 1. The summed E-state index contributed by atoms with van der Waals surface area (Å²) in [5, 5.41) is 2.99. The van der Waals surface area contributed by atoms with Crippen LogP contribution in [0.3, 0.4) is 0 Å². The molecule has 1 spiro atoms. The van der Waals surface area contributed by atoms with E-state index in [4.69, 9.17) is 4.74 Å². The summed E-state index contributed by atoms with van der Waals surface area (Å²) in [4.78, 5) is 22.2. The number of hydrogen-bond acceptors (Lipinski definition) is 5. The molecule has 4 rings (SSSR count). The van der Waals surface area contributed by atoms with Gasteiger partial charge >= 0.3 is 0 Å².